The maximum atomic E-state index is 11.6. The van der Waals surface area contributed by atoms with Crippen molar-refractivity contribution < 1.29 is 23.9 Å². The van der Waals surface area contributed by atoms with Crippen molar-refractivity contribution in [2.24, 2.45) is 5.92 Å². The molecule has 0 saturated carbocycles. The van der Waals surface area contributed by atoms with Crippen LogP contribution in [0.15, 0.2) is 0 Å². The number of nitrogens with one attached hydrogen (secondary N) is 1. The molecule has 0 aromatic rings. The Morgan fingerprint density at radius 2 is 1.83 bits per heavy atom. The zero-order chi connectivity index (χ0) is 14.1. The highest BCUT2D eigenvalue weighted by Crippen LogP contribution is 2.04. The van der Waals surface area contributed by atoms with E-state index >= 15 is 0 Å². The molecule has 0 unspecified atom stereocenters. The highest BCUT2D eigenvalue weighted by molar-refractivity contribution is 5.85. The zero-order valence-corrected chi connectivity index (χ0v) is 11.3. The van der Waals surface area contributed by atoms with Crippen molar-refractivity contribution in [1.29, 1.82) is 0 Å². The predicted molar refractivity (Wildman–Crippen MR) is 64.7 cm³/mol. The molecule has 0 aromatic carbocycles. The van der Waals surface area contributed by atoms with E-state index in [0.29, 0.717) is 0 Å². The van der Waals surface area contributed by atoms with Gasteiger partial charge in [0.2, 0.25) is 5.91 Å². The first-order valence-electron chi connectivity index (χ1n) is 5.96. The van der Waals surface area contributed by atoms with E-state index in [1.165, 1.54) is 7.11 Å². The highest BCUT2D eigenvalue weighted by Gasteiger charge is 2.24. The standard InChI is InChI=1S/C12H21NO5/c1-5-18-12(16)9(6-7-10(14)17-4)13-11(15)8(2)3/h8-9H,5-7H2,1-4H3,(H,13,15)/t9-/m0/s1. The predicted octanol–water partition coefficient (Wildman–Crippen LogP) is 0.643. The number of esters is 2. The van der Waals surface area contributed by atoms with Crippen molar-refractivity contribution in [3.63, 3.8) is 0 Å². The number of rotatable bonds is 7. The second kappa shape index (κ2) is 8.49. The molecular weight excluding hydrogens is 238 g/mol. The van der Waals surface area contributed by atoms with E-state index in [1.807, 2.05) is 0 Å². The van der Waals surface area contributed by atoms with Crippen LogP contribution in [0.5, 0.6) is 0 Å². The van der Waals surface area contributed by atoms with Crippen LogP contribution in [0.1, 0.15) is 33.6 Å². The molecule has 1 atom stereocenters. The molecule has 1 amide bonds. The number of methoxy groups -OCH3 is 1. The molecule has 0 heterocycles. The molecule has 1 N–H and O–H groups in total. The lowest BCUT2D eigenvalue weighted by molar-refractivity contribution is -0.148. The van der Waals surface area contributed by atoms with E-state index in [0.717, 1.165) is 0 Å². The molecule has 0 aliphatic carbocycles. The number of hydrogen-bond acceptors (Lipinski definition) is 5. The smallest absolute Gasteiger partial charge is 0.328 e. The van der Waals surface area contributed by atoms with Crippen LogP contribution in [-0.4, -0.2) is 37.6 Å². The molecular formula is C12H21NO5. The Balaban J connectivity index is 4.47. The summed E-state index contributed by atoms with van der Waals surface area (Å²) in [6.45, 7) is 5.35. The zero-order valence-electron chi connectivity index (χ0n) is 11.3. The van der Waals surface area contributed by atoms with Gasteiger partial charge < -0.3 is 14.8 Å². The highest BCUT2D eigenvalue weighted by atomic mass is 16.5. The Kier molecular flexibility index (Phi) is 7.74. The summed E-state index contributed by atoms with van der Waals surface area (Å²) >= 11 is 0. The molecule has 0 rings (SSSR count). The van der Waals surface area contributed by atoms with Crippen molar-refractivity contribution in [2.45, 2.75) is 39.7 Å². The van der Waals surface area contributed by atoms with Crippen molar-refractivity contribution >= 4 is 17.8 Å². The lowest BCUT2D eigenvalue weighted by atomic mass is 10.1. The Hall–Kier alpha value is -1.59. The number of hydrogen-bond donors (Lipinski definition) is 1. The fourth-order valence-electron chi connectivity index (χ4n) is 1.19. The Morgan fingerprint density at radius 1 is 1.22 bits per heavy atom. The monoisotopic (exact) mass is 259 g/mol. The van der Waals surface area contributed by atoms with Crippen LogP contribution < -0.4 is 5.32 Å². The van der Waals surface area contributed by atoms with E-state index in [1.54, 1.807) is 20.8 Å². The van der Waals surface area contributed by atoms with Crippen molar-refractivity contribution in [1.82, 2.24) is 5.32 Å². The summed E-state index contributed by atoms with van der Waals surface area (Å²) in [5.74, 6) is -1.45. The average Bonchev–Trinajstić information content (AvgIpc) is 2.33. The van der Waals surface area contributed by atoms with Crippen LogP contribution in [0.3, 0.4) is 0 Å². The second-order valence-corrected chi connectivity index (χ2v) is 4.08. The SMILES string of the molecule is CCOC(=O)[C@H](CCC(=O)OC)NC(=O)C(C)C. The summed E-state index contributed by atoms with van der Waals surface area (Å²) in [6.07, 6.45) is 0.225. The molecule has 0 fully saturated rings. The third-order valence-corrected chi connectivity index (χ3v) is 2.28. The summed E-state index contributed by atoms with van der Waals surface area (Å²) in [5, 5.41) is 2.56. The van der Waals surface area contributed by atoms with Crippen molar-refractivity contribution in [2.75, 3.05) is 13.7 Å². The average molecular weight is 259 g/mol. The van der Waals surface area contributed by atoms with E-state index in [4.69, 9.17) is 4.74 Å². The van der Waals surface area contributed by atoms with Crippen molar-refractivity contribution in [3.8, 4) is 0 Å². The fourth-order valence-corrected chi connectivity index (χ4v) is 1.19. The van der Waals surface area contributed by atoms with E-state index in [-0.39, 0.29) is 31.3 Å². The summed E-state index contributed by atoms with van der Waals surface area (Å²) in [7, 11) is 1.27. The largest absolute Gasteiger partial charge is 0.469 e. The Bertz CT molecular complexity index is 301. The lowest BCUT2D eigenvalue weighted by Gasteiger charge is -2.18. The molecule has 0 aliphatic rings. The lowest BCUT2D eigenvalue weighted by Crippen LogP contribution is -2.43. The normalized spacial score (nSPS) is 11.8. The maximum absolute atomic E-state index is 11.6. The Morgan fingerprint density at radius 3 is 2.28 bits per heavy atom. The van der Waals surface area contributed by atoms with Gasteiger partial charge in [-0.1, -0.05) is 13.8 Å². The van der Waals surface area contributed by atoms with Crippen LogP contribution in [0.2, 0.25) is 0 Å². The summed E-state index contributed by atoms with van der Waals surface area (Å²) in [5.41, 5.74) is 0. The van der Waals surface area contributed by atoms with Gasteiger partial charge in [0.15, 0.2) is 0 Å². The number of amides is 1. The summed E-state index contributed by atoms with van der Waals surface area (Å²) in [6, 6.07) is -0.807. The minimum Gasteiger partial charge on any atom is -0.469 e. The molecule has 6 nitrogen and oxygen atoms in total. The third-order valence-electron chi connectivity index (χ3n) is 2.28. The van der Waals surface area contributed by atoms with Gasteiger partial charge in [-0.15, -0.1) is 0 Å². The first-order chi connectivity index (χ1) is 8.42. The molecule has 0 bridgehead atoms. The van der Waals surface area contributed by atoms with Crippen LogP contribution in [-0.2, 0) is 23.9 Å². The number of carbonyl (C=O) groups excluding carboxylic acids is 3. The topological polar surface area (TPSA) is 81.7 Å². The van der Waals surface area contributed by atoms with Gasteiger partial charge in [-0.2, -0.15) is 0 Å². The Labute approximate surface area is 107 Å². The van der Waals surface area contributed by atoms with Gasteiger partial charge in [-0.25, -0.2) is 4.79 Å². The first kappa shape index (κ1) is 16.4. The molecule has 0 aromatic heterocycles. The van der Waals surface area contributed by atoms with Gasteiger partial charge in [0.25, 0.3) is 0 Å². The van der Waals surface area contributed by atoms with Crippen LogP contribution in [0.4, 0.5) is 0 Å². The maximum Gasteiger partial charge on any atom is 0.328 e. The van der Waals surface area contributed by atoms with Crippen LogP contribution in [0, 0.1) is 5.92 Å². The molecule has 6 heteroatoms. The quantitative estimate of drug-likeness (QED) is 0.679. The second-order valence-electron chi connectivity index (χ2n) is 4.08. The van der Waals surface area contributed by atoms with E-state index in [2.05, 4.69) is 10.1 Å². The van der Waals surface area contributed by atoms with Crippen LogP contribution >= 0.6 is 0 Å². The van der Waals surface area contributed by atoms with Gasteiger partial charge in [-0.3, -0.25) is 9.59 Å². The van der Waals surface area contributed by atoms with Crippen LogP contribution in [0.25, 0.3) is 0 Å². The first-order valence-corrected chi connectivity index (χ1v) is 5.96. The molecule has 0 radical (unpaired) electrons. The van der Waals surface area contributed by atoms with Gasteiger partial charge in [0, 0.05) is 12.3 Å². The van der Waals surface area contributed by atoms with Gasteiger partial charge >= 0.3 is 11.9 Å². The van der Waals surface area contributed by atoms with E-state index in [9.17, 15) is 14.4 Å². The molecule has 18 heavy (non-hydrogen) atoms. The van der Waals surface area contributed by atoms with E-state index < -0.39 is 18.0 Å². The van der Waals surface area contributed by atoms with Crippen molar-refractivity contribution in [3.05, 3.63) is 0 Å². The summed E-state index contributed by atoms with van der Waals surface area (Å²) < 4.78 is 9.33. The molecule has 0 aliphatic heterocycles. The fraction of sp³-hybridized carbons (Fsp3) is 0.750. The molecule has 0 spiro atoms. The molecule has 0 saturated heterocycles. The third kappa shape index (κ3) is 6.22. The number of carbonyl (C=O) groups is 3. The van der Waals surface area contributed by atoms with Gasteiger partial charge in [-0.05, 0) is 13.3 Å². The molecule has 104 valence electrons. The minimum absolute atomic E-state index is 0.0539. The minimum atomic E-state index is -0.807. The van der Waals surface area contributed by atoms with Gasteiger partial charge in [0.1, 0.15) is 6.04 Å². The summed E-state index contributed by atoms with van der Waals surface area (Å²) in [4.78, 5) is 34.2. The number of ether oxygens (including phenoxy) is 2. The van der Waals surface area contributed by atoms with Gasteiger partial charge in [0.05, 0.1) is 13.7 Å².